The Morgan fingerprint density at radius 2 is 1.96 bits per heavy atom. The van der Waals surface area contributed by atoms with E-state index in [9.17, 15) is 13.6 Å². The second kappa shape index (κ2) is 7.57. The van der Waals surface area contributed by atoms with Crippen LogP contribution in [0.1, 0.15) is 32.4 Å². The van der Waals surface area contributed by atoms with Gasteiger partial charge in [0.1, 0.15) is 5.75 Å². The SMILES string of the molecule is CC1=C(C(=O)OC(C)C)[C@H](c2ccccc2OC(F)F)NC(=S)N1. The maximum Gasteiger partial charge on any atom is 0.387 e. The van der Waals surface area contributed by atoms with E-state index in [1.54, 1.807) is 39.0 Å². The zero-order valence-corrected chi connectivity index (χ0v) is 14.2. The fourth-order valence-electron chi connectivity index (χ4n) is 2.40. The van der Waals surface area contributed by atoms with Crippen LogP contribution in [0.2, 0.25) is 0 Å². The minimum Gasteiger partial charge on any atom is -0.459 e. The normalized spacial score (nSPS) is 17.6. The Kier molecular flexibility index (Phi) is 5.71. The lowest BCUT2D eigenvalue weighted by molar-refractivity contribution is -0.143. The average molecular weight is 356 g/mol. The molecular weight excluding hydrogens is 338 g/mol. The van der Waals surface area contributed by atoms with Crippen molar-refractivity contribution in [3.63, 3.8) is 0 Å². The Labute approximate surface area is 144 Å². The lowest BCUT2D eigenvalue weighted by Crippen LogP contribution is -2.45. The summed E-state index contributed by atoms with van der Waals surface area (Å²) in [6, 6.07) is 5.50. The Bertz CT molecular complexity index is 677. The number of ether oxygens (including phenoxy) is 2. The van der Waals surface area contributed by atoms with Crippen LogP contribution in [0.25, 0.3) is 0 Å². The smallest absolute Gasteiger partial charge is 0.387 e. The number of hydrogen-bond acceptors (Lipinski definition) is 4. The molecule has 2 rings (SSSR count). The Balaban J connectivity index is 2.48. The molecule has 0 spiro atoms. The van der Waals surface area contributed by atoms with Gasteiger partial charge < -0.3 is 20.1 Å². The Morgan fingerprint density at radius 1 is 1.29 bits per heavy atom. The largest absolute Gasteiger partial charge is 0.459 e. The number of benzene rings is 1. The molecular formula is C16H18F2N2O3S. The van der Waals surface area contributed by atoms with E-state index in [1.807, 2.05) is 0 Å². The third kappa shape index (κ3) is 4.19. The molecule has 1 aliphatic rings. The minimum atomic E-state index is -2.98. The molecule has 0 saturated heterocycles. The summed E-state index contributed by atoms with van der Waals surface area (Å²) >= 11 is 5.12. The van der Waals surface area contributed by atoms with Crippen molar-refractivity contribution >= 4 is 23.3 Å². The van der Waals surface area contributed by atoms with Gasteiger partial charge in [0, 0.05) is 11.3 Å². The molecule has 1 atom stereocenters. The highest BCUT2D eigenvalue weighted by Crippen LogP contribution is 2.34. The van der Waals surface area contributed by atoms with Crippen LogP contribution in [0, 0.1) is 0 Å². The van der Waals surface area contributed by atoms with Crippen LogP contribution >= 0.6 is 12.2 Å². The van der Waals surface area contributed by atoms with E-state index in [4.69, 9.17) is 17.0 Å². The molecule has 0 fully saturated rings. The maximum absolute atomic E-state index is 12.7. The van der Waals surface area contributed by atoms with E-state index in [2.05, 4.69) is 15.4 Å². The van der Waals surface area contributed by atoms with Crippen LogP contribution in [0.4, 0.5) is 8.78 Å². The highest BCUT2D eigenvalue weighted by atomic mass is 32.1. The van der Waals surface area contributed by atoms with E-state index in [1.165, 1.54) is 6.07 Å². The molecule has 0 unspecified atom stereocenters. The van der Waals surface area contributed by atoms with Crippen LogP contribution in [0.15, 0.2) is 35.5 Å². The second-order valence-electron chi connectivity index (χ2n) is 5.44. The van der Waals surface area contributed by atoms with Gasteiger partial charge in [-0.15, -0.1) is 0 Å². The van der Waals surface area contributed by atoms with Crippen LogP contribution < -0.4 is 15.4 Å². The van der Waals surface area contributed by atoms with Crippen molar-refractivity contribution in [2.75, 3.05) is 0 Å². The summed E-state index contributed by atoms with van der Waals surface area (Å²) in [4.78, 5) is 12.5. The van der Waals surface area contributed by atoms with Crippen molar-refractivity contribution in [3.05, 3.63) is 41.1 Å². The summed E-state index contributed by atoms with van der Waals surface area (Å²) in [6.07, 6.45) is -0.320. The van der Waals surface area contributed by atoms with Crippen molar-refractivity contribution in [2.45, 2.75) is 39.5 Å². The van der Waals surface area contributed by atoms with Gasteiger partial charge in [0.05, 0.1) is 17.7 Å². The van der Waals surface area contributed by atoms with E-state index < -0.39 is 18.6 Å². The number of thiocarbonyl (C=S) groups is 1. The molecule has 1 aromatic carbocycles. The first-order valence-corrected chi connectivity index (χ1v) is 7.73. The molecule has 0 aliphatic carbocycles. The molecule has 1 aromatic rings. The van der Waals surface area contributed by atoms with Crippen molar-refractivity contribution < 1.29 is 23.0 Å². The molecule has 0 aromatic heterocycles. The number of hydrogen-bond donors (Lipinski definition) is 2. The summed E-state index contributed by atoms with van der Waals surface area (Å²) in [7, 11) is 0. The molecule has 2 N–H and O–H groups in total. The third-order valence-electron chi connectivity index (χ3n) is 3.28. The van der Waals surface area contributed by atoms with E-state index in [0.717, 1.165) is 0 Å². The van der Waals surface area contributed by atoms with Crippen molar-refractivity contribution in [3.8, 4) is 5.75 Å². The average Bonchev–Trinajstić information content (AvgIpc) is 2.45. The van der Waals surface area contributed by atoms with E-state index in [0.29, 0.717) is 11.3 Å². The van der Waals surface area contributed by atoms with E-state index >= 15 is 0 Å². The minimum absolute atomic E-state index is 0.0302. The van der Waals surface area contributed by atoms with Gasteiger partial charge in [0.15, 0.2) is 5.11 Å². The van der Waals surface area contributed by atoms with Gasteiger partial charge >= 0.3 is 12.6 Å². The number of alkyl halides is 2. The lowest BCUT2D eigenvalue weighted by atomic mass is 9.95. The number of carbonyl (C=O) groups excluding carboxylic acids is 1. The quantitative estimate of drug-likeness (QED) is 0.625. The first kappa shape index (κ1) is 18.1. The fourth-order valence-corrected chi connectivity index (χ4v) is 2.67. The van der Waals surface area contributed by atoms with Crippen LogP contribution in [-0.4, -0.2) is 23.8 Å². The van der Waals surface area contributed by atoms with Crippen molar-refractivity contribution in [1.29, 1.82) is 0 Å². The third-order valence-corrected chi connectivity index (χ3v) is 3.50. The predicted molar refractivity (Wildman–Crippen MR) is 88.6 cm³/mol. The number of halogens is 2. The number of nitrogens with one attached hydrogen (secondary N) is 2. The zero-order chi connectivity index (χ0) is 17.9. The maximum atomic E-state index is 12.7. The van der Waals surface area contributed by atoms with Gasteiger partial charge in [0.25, 0.3) is 0 Å². The Morgan fingerprint density at radius 3 is 2.58 bits per heavy atom. The van der Waals surface area contributed by atoms with E-state index in [-0.39, 0.29) is 22.5 Å². The van der Waals surface area contributed by atoms with Crippen LogP contribution in [-0.2, 0) is 9.53 Å². The van der Waals surface area contributed by atoms with Crippen molar-refractivity contribution in [1.82, 2.24) is 10.6 Å². The number of allylic oxidation sites excluding steroid dienone is 1. The summed E-state index contributed by atoms with van der Waals surface area (Å²) in [6.45, 7) is 2.15. The highest BCUT2D eigenvalue weighted by molar-refractivity contribution is 7.80. The number of esters is 1. The van der Waals surface area contributed by atoms with Gasteiger partial charge in [-0.2, -0.15) is 8.78 Å². The van der Waals surface area contributed by atoms with Gasteiger partial charge in [-0.1, -0.05) is 18.2 Å². The molecule has 0 saturated carbocycles. The lowest BCUT2D eigenvalue weighted by Gasteiger charge is -2.31. The molecule has 1 heterocycles. The van der Waals surface area contributed by atoms with Gasteiger partial charge in [-0.05, 0) is 39.1 Å². The molecule has 24 heavy (non-hydrogen) atoms. The van der Waals surface area contributed by atoms with Crippen LogP contribution in [0.3, 0.4) is 0 Å². The molecule has 0 radical (unpaired) electrons. The summed E-state index contributed by atoms with van der Waals surface area (Å²) < 4.78 is 35.2. The number of carbonyl (C=O) groups is 1. The molecule has 0 bridgehead atoms. The molecule has 130 valence electrons. The van der Waals surface area contributed by atoms with Gasteiger partial charge in [-0.3, -0.25) is 0 Å². The monoisotopic (exact) mass is 356 g/mol. The molecule has 1 aliphatic heterocycles. The Hall–Kier alpha value is -2.22. The topological polar surface area (TPSA) is 59.6 Å². The molecule has 8 heteroatoms. The standard InChI is InChI=1S/C16H18F2N2O3S/c1-8(2)22-14(21)12-9(3)19-16(24)20-13(12)10-6-4-5-7-11(10)23-15(17)18/h4-8,13,15H,1-3H3,(H2,19,20,24)/t13-/m0/s1. The number of rotatable bonds is 5. The first-order chi connectivity index (χ1) is 11.3. The summed E-state index contributed by atoms with van der Waals surface area (Å²) in [5, 5.41) is 6.05. The van der Waals surface area contributed by atoms with Gasteiger partial charge in [-0.25, -0.2) is 4.79 Å². The van der Waals surface area contributed by atoms with Gasteiger partial charge in [0.2, 0.25) is 0 Å². The van der Waals surface area contributed by atoms with Crippen molar-refractivity contribution in [2.24, 2.45) is 0 Å². The highest BCUT2D eigenvalue weighted by Gasteiger charge is 2.33. The molecule has 0 amide bonds. The zero-order valence-electron chi connectivity index (χ0n) is 13.4. The number of para-hydroxylation sites is 1. The fraction of sp³-hybridized carbons (Fsp3) is 0.375. The molecule has 5 nitrogen and oxygen atoms in total. The second-order valence-corrected chi connectivity index (χ2v) is 5.85. The van der Waals surface area contributed by atoms with Crippen LogP contribution in [0.5, 0.6) is 5.75 Å². The summed E-state index contributed by atoms with van der Waals surface area (Å²) in [5.41, 5.74) is 1.14. The first-order valence-electron chi connectivity index (χ1n) is 7.32. The summed E-state index contributed by atoms with van der Waals surface area (Å²) in [5.74, 6) is -0.584. The predicted octanol–water partition coefficient (Wildman–Crippen LogP) is 3.03.